The number of hydrogen-bond acceptors (Lipinski definition) is 2. The summed E-state index contributed by atoms with van der Waals surface area (Å²) in [6.07, 6.45) is 0. The summed E-state index contributed by atoms with van der Waals surface area (Å²) < 4.78 is 8.78. The lowest BCUT2D eigenvalue weighted by Crippen LogP contribution is -2.11. The Hall–Kier alpha value is -8.66. The third-order valence-corrected chi connectivity index (χ3v) is 13.2. The minimum Gasteiger partial charge on any atom is -0.456 e. The zero-order chi connectivity index (χ0) is 42.8. The van der Waals surface area contributed by atoms with Crippen molar-refractivity contribution in [3.63, 3.8) is 0 Å². The van der Waals surface area contributed by atoms with E-state index in [9.17, 15) is 0 Å². The predicted molar refractivity (Wildman–Crippen MR) is 274 cm³/mol. The number of para-hydroxylation sites is 4. The summed E-state index contributed by atoms with van der Waals surface area (Å²) in [5, 5.41) is 9.82. The topological polar surface area (TPSA) is 21.3 Å². The molecule has 0 saturated heterocycles. The highest BCUT2D eigenvalue weighted by Gasteiger charge is 2.19. The van der Waals surface area contributed by atoms with E-state index in [0.717, 1.165) is 66.9 Å². The quantitative estimate of drug-likeness (QED) is 0.149. The number of rotatable bonds is 7. The first-order valence-corrected chi connectivity index (χ1v) is 22.2. The van der Waals surface area contributed by atoms with Gasteiger partial charge in [-0.3, -0.25) is 0 Å². The van der Waals surface area contributed by atoms with E-state index in [2.05, 4.69) is 240 Å². The van der Waals surface area contributed by atoms with Gasteiger partial charge in [0.2, 0.25) is 0 Å². The monoisotopic (exact) mass is 828 g/mol. The van der Waals surface area contributed by atoms with Crippen molar-refractivity contribution in [1.82, 2.24) is 4.57 Å². The number of furan rings is 1. The van der Waals surface area contributed by atoms with Crippen molar-refractivity contribution in [2.75, 3.05) is 4.90 Å². The maximum Gasteiger partial charge on any atom is 0.136 e. The van der Waals surface area contributed by atoms with Crippen LogP contribution in [0.3, 0.4) is 0 Å². The lowest BCUT2D eigenvalue weighted by atomic mass is 9.97. The van der Waals surface area contributed by atoms with Crippen molar-refractivity contribution >= 4 is 82.4 Å². The Kier molecular flexibility index (Phi) is 8.53. The molecule has 0 spiro atoms. The van der Waals surface area contributed by atoms with Gasteiger partial charge >= 0.3 is 0 Å². The summed E-state index contributed by atoms with van der Waals surface area (Å²) in [7, 11) is 0. The third kappa shape index (κ3) is 6.20. The van der Waals surface area contributed by atoms with Crippen molar-refractivity contribution in [3.8, 4) is 39.1 Å². The molecule has 65 heavy (non-hydrogen) atoms. The number of aromatic nitrogens is 1. The van der Waals surface area contributed by atoms with Crippen molar-refractivity contribution in [2.24, 2.45) is 0 Å². The lowest BCUT2D eigenvalue weighted by molar-refractivity contribution is 0.669. The first-order chi connectivity index (χ1) is 32.2. The maximum absolute atomic E-state index is 6.40. The fourth-order valence-electron chi connectivity index (χ4n) is 10.1. The number of anilines is 3. The van der Waals surface area contributed by atoms with Crippen LogP contribution in [0, 0.1) is 0 Å². The van der Waals surface area contributed by atoms with E-state index in [0.29, 0.717) is 0 Å². The van der Waals surface area contributed by atoms with Crippen molar-refractivity contribution in [1.29, 1.82) is 0 Å². The summed E-state index contributed by atoms with van der Waals surface area (Å²) in [4.78, 5) is 2.38. The lowest BCUT2D eigenvalue weighted by Gasteiger charge is -2.28. The largest absolute Gasteiger partial charge is 0.456 e. The molecule has 13 aromatic rings. The predicted octanol–water partition coefficient (Wildman–Crippen LogP) is 17.5. The molecule has 0 bridgehead atoms. The average molecular weight is 829 g/mol. The first-order valence-electron chi connectivity index (χ1n) is 22.2. The smallest absolute Gasteiger partial charge is 0.136 e. The molecule has 304 valence electrons. The van der Waals surface area contributed by atoms with Gasteiger partial charge in [0.15, 0.2) is 0 Å². The zero-order valence-corrected chi connectivity index (χ0v) is 35.4. The van der Waals surface area contributed by atoms with Crippen molar-refractivity contribution in [3.05, 3.63) is 243 Å². The normalized spacial score (nSPS) is 11.7. The average Bonchev–Trinajstić information content (AvgIpc) is 3.92. The van der Waals surface area contributed by atoms with Gasteiger partial charge in [-0.2, -0.15) is 0 Å². The van der Waals surface area contributed by atoms with Crippen molar-refractivity contribution < 1.29 is 4.42 Å². The van der Waals surface area contributed by atoms with Gasteiger partial charge in [0.25, 0.3) is 0 Å². The van der Waals surface area contributed by atoms with Gasteiger partial charge in [0.1, 0.15) is 11.2 Å². The van der Waals surface area contributed by atoms with Gasteiger partial charge in [-0.25, -0.2) is 0 Å². The fraction of sp³-hybridized carbons (Fsp3) is 0. The molecule has 0 radical (unpaired) electrons. The molecule has 0 atom stereocenters. The molecule has 13 rings (SSSR count). The van der Waals surface area contributed by atoms with Crippen LogP contribution in [0.1, 0.15) is 0 Å². The zero-order valence-electron chi connectivity index (χ0n) is 35.4. The molecule has 2 heterocycles. The SMILES string of the molecule is c1cc(-c2ccc(N(c3ccc(-c4ccc5c(ccc6ccccc65)c4)cc3)c3ccccc3-c3ccc4c(c3)oc3ccccc34)cc2)cc(-n2c3ccccc3c3ccccc32)c1. The van der Waals surface area contributed by atoms with Crippen LogP contribution in [0.15, 0.2) is 247 Å². The molecule has 0 aliphatic heterocycles. The molecule has 0 aliphatic rings. The molecule has 0 saturated carbocycles. The molecule has 0 aliphatic carbocycles. The molecule has 11 aromatic carbocycles. The Morgan fingerprint density at radius 2 is 0.846 bits per heavy atom. The molecule has 3 heteroatoms. The van der Waals surface area contributed by atoms with E-state index < -0.39 is 0 Å². The summed E-state index contributed by atoms with van der Waals surface area (Å²) in [5.41, 5.74) is 15.4. The minimum atomic E-state index is 0.880. The summed E-state index contributed by atoms with van der Waals surface area (Å²) in [5.74, 6) is 0. The molecule has 0 unspecified atom stereocenters. The highest BCUT2D eigenvalue weighted by atomic mass is 16.3. The second kappa shape index (κ2) is 15.0. The third-order valence-electron chi connectivity index (χ3n) is 13.2. The van der Waals surface area contributed by atoms with Gasteiger partial charge < -0.3 is 13.9 Å². The molecule has 0 N–H and O–H groups in total. The van der Waals surface area contributed by atoms with Gasteiger partial charge in [-0.15, -0.1) is 0 Å². The van der Waals surface area contributed by atoms with E-state index in [-0.39, 0.29) is 0 Å². The fourth-order valence-corrected chi connectivity index (χ4v) is 10.1. The molecule has 3 nitrogen and oxygen atoms in total. The molecular formula is C62H40N2O. The second-order valence-corrected chi connectivity index (χ2v) is 16.9. The van der Waals surface area contributed by atoms with Crippen LogP contribution in [-0.2, 0) is 0 Å². The highest BCUT2D eigenvalue weighted by molar-refractivity contribution is 6.10. The second-order valence-electron chi connectivity index (χ2n) is 16.9. The Morgan fingerprint density at radius 3 is 1.60 bits per heavy atom. The number of fused-ring (bicyclic) bond motifs is 9. The first kappa shape index (κ1) is 36.9. The van der Waals surface area contributed by atoms with Gasteiger partial charge in [0, 0.05) is 44.2 Å². The van der Waals surface area contributed by atoms with Crippen LogP contribution in [0.5, 0.6) is 0 Å². The van der Waals surface area contributed by atoms with E-state index in [1.54, 1.807) is 0 Å². The standard InChI is InChI=1S/C62H40N2O/c1-2-15-51-43(12-1)24-25-46-38-45(30-36-52(46)51)42-28-34-49(35-29-42)63(58-20-7-3-16-53(58)47-31-37-57-56-19-6-10-23-61(56)65-62(57)40-47)48-32-26-41(27-33-48)44-13-11-14-50(39-44)64-59-21-8-4-17-54(59)55-18-5-9-22-60(55)64/h1-40H. The molecular weight excluding hydrogens is 789 g/mol. The van der Waals surface area contributed by atoms with Crippen LogP contribution >= 0.6 is 0 Å². The highest BCUT2D eigenvalue weighted by Crippen LogP contribution is 2.44. The minimum absolute atomic E-state index is 0.880. The van der Waals surface area contributed by atoms with Crippen LogP contribution in [0.4, 0.5) is 17.1 Å². The van der Waals surface area contributed by atoms with Gasteiger partial charge in [0.05, 0.1) is 16.7 Å². The summed E-state index contributed by atoms with van der Waals surface area (Å²) in [6.45, 7) is 0. The summed E-state index contributed by atoms with van der Waals surface area (Å²) >= 11 is 0. The van der Waals surface area contributed by atoms with Crippen LogP contribution in [0.25, 0.3) is 104 Å². The maximum atomic E-state index is 6.40. The Bertz CT molecular complexity index is 3900. The van der Waals surface area contributed by atoms with Crippen molar-refractivity contribution in [2.45, 2.75) is 0 Å². The number of hydrogen-bond donors (Lipinski definition) is 0. The van der Waals surface area contributed by atoms with Crippen LogP contribution in [0.2, 0.25) is 0 Å². The van der Waals surface area contributed by atoms with E-state index in [1.807, 2.05) is 12.1 Å². The Balaban J connectivity index is 0.912. The Labute approximate surface area is 376 Å². The van der Waals surface area contributed by atoms with Gasteiger partial charge in [-0.05, 0) is 128 Å². The Morgan fingerprint density at radius 1 is 0.308 bits per heavy atom. The number of benzene rings is 11. The summed E-state index contributed by atoms with van der Waals surface area (Å²) in [6, 6.07) is 87.8. The van der Waals surface area contributed by atoms with E-state index in [4.69, 9.17) is 4.42 Å². The molecule has 0 amide bonds. The van der Waals surface area contributed by atoms with Crippen LogP contribution < -0.4 is 4.90 Å². The number of nitrogens with zero attached hydrogens (tertiary/aromatic N) is 2. The van der Waals surface area contributed by atoms with E-state index in [1.165, 1.54) is 54.5 Å². The molecule has 0 fully saturated rings. The van der Waals surface area contributed by atoms with Gasteiger partial charge in [-0.1, -0.05) is 164 Å². The van der Waals surface area contributed by atoms with E-state index >= 15 is 0 Å². The molecule has 2 aromatic heterocycles. The van der Waals surface area contributed by atoms with Crippen LogP contribution in [-0.4, -0.2) is 4.57 Å².